The van der Waals surface area contributed by atoms with Crippen LogP contribution in [0.25, 0.3) is 0 Å². The van der Waals surface area contributed by atoms with Crippen molar-refractivity contribution in [1.29, 1.82) is 0 Å². The highest BCUT2D eigenvalue weighted by Gasteiger charge is 2.23. The summed E-state index contributed by atoms with van der Waals surface area (Å²) in [7, 11) is -1.56. The summed E-state index contributed by atoms with van der Waals surface area (Å²) in [5, 5.41) is 0. The van der Waals surface area contributed by atoms with Crippen LogP contribution in [0.5, 0.6) is 0 Å². The van der Waals surface area contributed by atoms with Crippen molar-refractivity contribution in [3.63, 3.8) is 0 Å². The summed E-state index contributed by atoms with van der Waals surface area (Å²) in [4.78, 5) is 2.43. The van der Waals surface area contributed by atoms with Crippen molar-refractivity contribution in [2.75, 3.05) is 18.5 Å². The summed E-state index contributed by atoms with van der Waals surface area (Å²) >= 11 is 0. The number of anilines is 1. The van der Waals surface area contributed by atoms with Crippen molar-refractivity contribution in [3.05, 3.63) is 95.6 Å². The van der Waals surface area contributed by atoms with Gasteiger partial charge >= 0.3 is 0 Å². The average Bonchev–Trinajstić information content (AvgIpc) is 2.69. The van der Waals surface area contributed by atoms with Gasteiger partial charge in [-0.3, -0.25) is 0 Å². The molecule has 0 aliphatic heterocycles. The highest BCUT2D eigenvalue weighted by atomic mass is 32.2. The zero-order valence-electron chi connectivity index (χ0n) is 16.5. The van der Waals surface area contributed by atoms with Gasteiger partial charge in [0.05, 0.1) is 10.9 Å². The van der Waals surface area contributed by atoms with Gasteiger partial charge in [0.1, 0.15) is 0 Å². The molecule has 0 aliphatic rings. The number of hydrogen-bond acceptors (Lipinski definition) is 3. The van der Waals surface area contributed by atoms with Crippen LogP contribution in [-0.4, -0.2) is 22.0 Å². The lowest BCUT2D eigenvalue weighted by Crippen LogP contribution is -2.36. The summed E-state index contributed by atoms with van der Waals surface area (Å²) < 4.78 is 28.3. The Hall–Kier alpha value is -2.63. The number of sulfonamides is 1. The quantitative estimate of drug-likeness (QED) is 0.644. The molecule has 0 bridgehead atoms. The first-order valence-electron chi connectivity index (χ1n) is 9.29. The van der Waals surface area contributed by atoms with E-state index in [0.717, 1.165) is 22.4 Å². The van der Waals surface area contributed by atoms with Crippen LogP contribution in [0.15, 0.2) is 83.8 Å². The molecular formula is C23H26N2O2S. The highest BCUT2D eigenvalue weighted by molar-refractivity contribution is 7.89. The van der Waals surface area contributed by atoms with E-state index in [4.69, 9.17) is 0 Å². The predicted molar refractivity (Wildman–Crippen MR) is 115 cm³/mol. The summed E-state index contributed by atoms with van der Waals surface area (Å²) in [6, 6.07) is 24.5. The molecule has 0 aromatic heterocycles. The Morgan fingerprint density at radius 3 is 1.93 bits per heavy atom. The molecule has 0 radical (unpaired) electrons. The number of para-hydroxylation sites is 1. The topological polar surface area (TPSA) is 49.4 Å². The molecule has 3 aromatic rings. The van der Waals surface area contributed by atoms with Gasteiger partial charge in [-0.1, -0.05) is 66.7 Å². The third-order valence-electron chi connectivity index (χ3n) is 4.96. The summed E-state index contributed by atoms with van der Waals surface area (Å²) in [6.45, 7) is 4.43. The van der Waals surface area contributed by atoms with Crippen molar-refractivity contribution in [3.8, 4) is 0 Å². The molecule has 146 valence electrons. The first-order valence-corrected chi connectivity index (χ1v) is 10.8. The van der Waals surface area contributed by atoms with Crippen molar-refractivity contribution in [2.24, 2.45) is 0 Å². The molecule has 0 amide bonds. The Balaban J connectivity index is 1.93. The smallest absolute Gasteiger partial charge is 0.240 e. The lowest BCUT2D eigenvalue weighted by molar-refractivity contribution is 0.567. The van der Waals surface area contributed by atoms with Crippen molar-refractivity contribution in [2.45, 2.75) is 24.8 Å². The molecule has 3 rings (SSSR count). The van der Waals surface area contributed by atoms with Crippen molar-refractivity contribution >= 4 is 15.7 Å². The van der Waals surface area contributed by atoms with Crippen LogP contribution in [0.1, 0.15) is 22.7 Å². The lowest BCUT2D eigenvalue weighted by Gasteiger charge is -2.33. The van der Waals surface area contributed by atoms with Crippen LogP contribution in [0.2, 0.25) is 0 Å². The predicted octanol–water partition coefficient (Wildman–Crippen LogP) is 4.46. The van der Waals surface area contributed by atoms with E-state index in [1.165, 1.54) is 0 Å². The van der Waals surface area contributed by atoms with Crippen LogP contribution in [0.3, 0.4) is 0 Å². The second-order valence-electron chi connectivity index (χ2n) is 6.94. The van der Waals surface area contributed by atoms with Gasteiger partial charge in [0.2, 0.25) is 10.0 Å². The summed E-state index contributed by atoms with van der Waals surface area (Å²) in [5.41, 5.74) is 4.50. The molecule has 0 fully saturated rings. The standard InChI is InChI=1S/C23H26N2O2S/c1-18-11-10-12-19(2)23(18)25(3)22(20-13-6-4-7-14-20)17-24-28(26,27)21-15-8-5-9-16-21/h4-16,22,24H,17H2,1-3H3/t22-/m1/s1. The SMILES string of the molecule is Cc1cccc(C)c1N(C)[C@H](CNS(=O)(=O)c1ccccc1)c1ccccc1. The third kappa shape index (κ3) is 4.43. The number of rotatable bonds is 7. The Labute approximate surface area is 167 Å². The largest absolute Gasteiger partial charge is 0.366 e. The summed E-state index contributed by atoms with van der Waals surface area (Å²) in [6.07, 6.45) is 0. The second-order valence-corrected chi connectivity index (χ2v) is 8.71. The fourth-order valence-corrected chi connectivity index (χ4v) is 4.60. The number of benzene rings is 3. The Morgan fingerprint density at radius 2 is 1.36 bits per heavy atom. The Bertz CT molecular complexity index is 999. The molecule has 28 heavy (non-hydrogen) atoms. The molecule has 0 saturated carbocycles. The molecule has 1 atom stereocenters. The minimum atomic E-state index is -3.58. The normalized spacial score (nSPS) is 12.5. The number of likely N-dealkylation sites (N-methyl/N-ethyl adjacent to an activating group) is 1. The van der Waals surface area contributed by atoms with Crippen LogP contribution in [0.4, 0.5) is 5.69 Å². The van der Waals surface area contributed by atoms with Gasteiger partial charge in [0.15, 0.2) is 0 Å². The molecule has 1 N–H and O–H groups in total. The zero-order chi connectivity index (χ0) is 20.1. The van der Waals surface area contributed by atoms with Crippen LogP contribution in [0, 0.1) is 13.8 Å². The van der Waals surface area contributed by atoms with E-state index < -0.39 is 10.0 Å². The Kier molecular flexibility index (Phi) is 6.17. The fraction of sp³-hybridized carbons (Fsp3) is 0.217. The van der Waals surface area contributed by atoms with Gasteiger partial charge in [-0.2, -0.15) is 0 Å². The second kappa shape index (κ2) is 8.59. The highest BCUT2D eigenvalue weighted by Crippen LogP contribution is 2.31. The number of nitrogens with zero attached hydrogens (tertiary/aromatic N) is 1. The lowest BCUT2D eigenvalue weighted by atomic mass is 10.0. The van der Waals surface area contributed by atoms with Crippen LogP contribution in [-0.2, 0) is 10.0 Å². The molecule has 0 unspecified atom stereocenters. The maximum absolute atomic E-state index is 12.7. The van der Waals surface area contributed by atoms with Crippen LogP contribution < -0.4 is 9.62 Å². The fourth-order valence-electron chi connectivity index (χ4n) is 3.54. The van der Waals surface area contributed by atoms with Gasteiger partial charge in [0, 0.05) is 19.3 Å². The van der Waals surface area contributed by atoms with Gasteiger partial charge in [0.25, 0.3) is 0 Å². The first kappa shape index (κ1) is 20.1. The zero-order valence-corrected chi connectivity index (χ0v) is 17.3. The van der Waals surface area contributed by atoms with E-state index in [-0.39, 0.29) is 17.5 Å². The Morgan fingerprint density at radius 1 is 0.821 bits per heavy atom. The van der Waals surface area contributed by atoms with Gasteiger partial charge in [-0.15, -0.1) is 0 Å². The van der Waals surface area contributed by atoms with Crippen molar-refractivity contribution in [1.82, 2.24) is 4.72 Å². The van der Waals surface area contributed by atoms with Gasteiger partial charge < -0.3 is 4.90 Å². The molecule has 0 spiro atoms. The van der Waals surface area contributed by atoms with Crippen LogP contribution >= 0.6 is 0 Å². The van der Waals surface area contributed by atoms with E-state index in [9.17, 15) is 8.42 Å². The van der Waals surface area contributed by atoms with Gasteiger partial charge in [-0.05, 0) is 42.7 Å². The molecule has 0 saturated heterocycles. The molecule has 0 aliphatic carbocycles. The molecule has 0 heterocycles. The minimum Gasteiger partial charge on any atom is -0.366 e. The monoisotopic (exact) mass is 394 g/mol. The number of hydrogen-bond donors (Lipinski definition) is 1. The van der Waals surface area contributed by atoms with E-state index in [1.54, 1.807) is 30.3 Å². The maximum atomic E-state index is 12.7. The summed E-state index contributed by atoms with van der Waals surface area (Å²) in [5.74, 6) is 0. The maximum Gasteiger partial charge on any atom is 0.240 e. The van der Waals surface area contributed by atoms with E-state index in [0.29, 0.717) is 0 Å². The number of aryl methyl sites for hydroxylation is 2. The van der Waals surface area contributed by atoms with E-state index in [2.05, 4.69) is 35.6 Å². The number of nitrogens with one attached hydrogen (secondary N) is 1. The molecule has 5 heteroatoms. The molecule has 3 aromatic carbocycles. The van der Waals surface area contributed by atoms with E-state index >= 15 is 0 Å². The molecular weight excluding hydrogens is 368 g/mol. The molecule has 4 nitrogen and oxygen atoms in total. The third-order valence-corrected chi connectivity index (χ3v) is 6.40. The van der Waals surface area contributed by atoms with E-state index in [1.807, 2.05) is 43.4 Å². The minimum absolute atomic E-state index is 0.139. The van der Waals surface area contributed by atoms with Gasteiger partial charge in [-0.25, -0.2) is 13.1 Å². The average molecular weight is 395 g/mol. The van der Waals surface area contributed by atoms with Crippen molar-refractivity contribution < 1.29 is 8.42 Å². The first-order chi connectivity index (χ1) is 13.4.